The molecular weight excluding hydrogens is 353 g/mol. The molecular formula is C16H15BrFNOS. The standard InChI is InChI=1S/C16H15BrFNOS/c17-14-12(16(19)21)8-9-13(15(14)18)20-10-4-7-11-5-2-1-3-6-11/h1-3,5-6,8-9H,4,7,10H2,(H2,19,21). The van der Waals surface area contributed by atoms with E-state index in [1.807, 2.05) is 18.2 Å². The van der Waals surface area contributed by atoms with Crippen molar-refractivity contribution in [2.24, 2.45) is 5.73 Å². The molecule has 0 aliphatic heterocycles. The van der Waals surface area contributed by atoms with E-state index in [1.165, 1.54) is 5.56 Å². The van der Waals surface area contributed by atoms with Gasteiger partial charge >= 0.3 is 0 Å². The Morgan fingerprint density at radius 2 is 1.90 bits per heavy atom. The van der Waals surface area contributed by atoms with Gasteiger partial charge in [-0.25, -0.2) is 4.39 Å². The molecule has 0 aliphatic carbocycles. The van der Waals surface area contributed by atoms with E-state index in [2.05, 4.69) is 28.1 Å². The second-order valence-corrected chi connectivity index (χ2v) is 5.77. The number of rotatable bonds is 6. The molecule has 2 nitrogen and oxygen atoms in total. The second kappa shape index (κ2) is 7.52. The van der Waals surface area contributed by atoms with Gasteiger partial charge < -0.3 is 10.5 Å². The number of hydrogen-bond acceptors (Lipinski definition) is 2. The maximum Gasteiger partial charge on any atom is 0.179 e. The van der Waals surface area contributed by atoms with Crippen LogP contribution in [0.2, 0.25) is 0 Å². The number of hydrogen-bond donors (Lipinski definition) is 1. The lowest BCUT2D eigenvalue weighted by molar-refractivity contribution is 0.295. The van der Waals surface area contributed by atoms with Crippen LogP contribution >= 0.6 is 28.1 Å². The van der Waals surface area contributed by atoms with Gasteiger partial charge in [0, 0.05) is 5.56 Å². The van der Waals surface area contributed by atoms with E-state index >= 15 is 0 Å². The zero-order valence-corrected chi connectivity index (χ0v) is 13.7. The minimum atomic E-state index is -0.472. The third kappa shape index (κ3) is 4.25. The molecule has 2 aromatic carbocycles. The summed E-state index contributed by atoms with van der Waals surface area (Å²) >= 11 is 8.01. The van der Waals surface area contributed by atoms with Crippen molar-refractivity contribution < 1.29 is 9.13 Å². The van der Waals surface area contributed by atoms with Crippen LogP contribution in [0, 0.1) is 5.82 Å². The van der Waals surface area contributed by atoms with E-state index in [1.54, 1.807) is 12.1 Å². The second-order valence-electron chi connectivity index (χ2n) is 4.54. The molecule has 0 spiro atoms. The quantitative estimate of drug-likeness (QED) is 0.612. The lowest BCUT2D eigenvalue weighted by Gasteiger charge is -2.10. The number of thiocarbonyl (C=S) groups is 1. The van der Waals surface area contributed by atoms with E-state index < -0.39 is 5.82 Å². The average molecular weight is 368 g/mol. The van der Waals surface area contributed by atoms with Gasteiger partial charge in [0.1, 0.15) is 4.99 Å². The lowest BCUT2D eigenvalue weighted by atomic mass is 10.1. The Hall–Kier alpha value is -1.46. The molecule has 0 atom stereocenters. The largest absolute Gasteiger partial charge is 0.490 e. The van der Waals surface area contributed by atoms with Crippen molar-refractivity contribution in [2.75, 3.05) is 6.61 Å². The number of halogens is 2. The van der Waals surface area contributed by atoms with Gasteiger partial charge in [-0.05, 0) is 46.5 Å². The molecule has 5 heteroatoms. The van der Waals surface area contributed by atoms with Gasteiger partial charge in [-0.3, -0.25) is 0 Å². The van der Waals surface area contributed by atoms with Gasteiger partial charge in [-0.1, -0.05) is 42.5 Å². The number of ether oxygens (including phenoxy) is 1. The normalized spacial score (nSPS) is 10.4. The number of aryl methyl sites for hydroxylation is 1. The van der Waals surface area contributed by atoms with Crippen LogP contribution in [0.25, 0.3) is 0 Å². The first kappa shape index (κ1) is 15.9. The van der Waals surface area contributed by atoms with Gasteiger partial charge in [-0.15, -0.1) is 0 Å². The fourth-order valence-corrected chi connectivity index (χ4v) is 2.78. The van der Waals surface area contributed by atoms with Crippen molar-refractivity contribution in [1.82, 2.24) is 0 Å². The first-order chi connectivity index (χ1) is 10.1. The van der Waals surface area contributed by atoms with Crippen LogP contribution in [0.4, 0.5) is 4.39 Å². The summed E-state index contributed by atoms with van der Waals surface area (Å²) in [6.45, 7) is 0.449. The van der Waals surface area contributed by atoms with Crippen LogP contribution < -0.4 is 10.5 Å². The third-order valence-corrected chi connectivity index (χ3v) is 4.02. The Morgan fingerprint density at radius 3 is 2.57 bits per heavy atom. The fraction of sp³-hybridized carbons (Fsp3) is 0.188. The fourth-order valence-electron chi connectivity index (χ4n) is 1.94. The Labute approximate surface area is 137 Å². The summed E-state index contributed by atoms with van der Waals surface area (Å²) in [6, 6.07) is 13.3. The predicted octanol–water partition coefficient (Wildman–Crippen LogP) is 4.23. The zero-order valence-electron chi connectivity index (χ0n) is 11.3. The molecule has 2 N–H and O–H groups in total. The van der Waals surface area contributed by atoms with Crippen molar-refractivity contribution in [3.05, 3.63) is 63.9 Å². The van der Waals surface area contributed by atoms with Crippen molar-refractivity contribution in [3.63, 3.8) is 0 Å². The highest BCUT2D eigenvalue weighted by Crippen LogP contribution is 2.28. The van der Waals surface area contributed by atoms with Crippen molar-refractivity contribution in [1.29, 1.82) is 0 Å². The number of nitrogens with two attached hydrogens (primary N) is 1. The molecule has 0 aliphatic rings. The van der Waals surface area contributed by atoms with Crippen molar-refractivity contribution >= 4 is 33.1 Å². The summed E-state index contributed by atoms with van der Waals surface area (Å²) in [5, 5.41) is 0. The Kier molecular flexibility index (Phi) is 5.70. The highest BCUT2D eigenvalue weighted by atomic mass is 79.9. The first-order valence-corrected chi connectivity index (χ1v) is 7.74. The molecule has 0 saturated heterocycles. The summed E-state index contributed by atoms with van der Waals surface area (Å²) in [5.41, 5.74) is 7.23. The molecule has 21 heavy (non-hydrogen) atoms. The van der Waals surface area contributed by atoms with E-state index in [0.717, 1.165) is 12.8 Å². The minimum Gasteiger partial charge on any atom is -0.490 e. The van der Waals surface area contributed by atoms with E-state index in [4.69, 9.17) is 22.7 Å². The molecule has 0 aromatic heterocycles. The van der Waals surface area contributed by atoms with Gasteiger partial charge in [0.2, 0.25) is 0 Å². The molecule has 0 saturated carbocycles. The van der Waals surface area contributed by atoms with Crippen LogP contribution in [0.5, 0.6) is 5.75 Å². The molecule has 0 radical (unpaired) electrons. The molecule has 0 unspecified atom stereocenters. The highest BCUT2D eigenvalue weighted by Gasteiger charge is 2.13. The Balaban J connectivity index is 1.92. The van der Waals surface area contributed by atoms with Crippen LogP contribution in [0.1, 0.15) is 17.5 Å². The van der Waals surface area contributed by atoms with Gasteiger partial charge in [-0.2, -0.15) is 0 Å². The summed E-state index contributed by atoms with van der Waals surface area (Å²) in [4.78, 5) is 0.149. The lowest BCUT2D eigenvalue weighted by Crippen LogP contribution is -2.11. The molecule has 0 amide bonds. The zero-order chi connectivity index (χ0) is 15.2. The highest BCUT2D eigenvalue weighted by molar-refractivity contribution is 9.10. The third-order valence-electron chi connectivity index (χ3n) is 3.02. The molecule has 2 rings (SSSR count). The van der Waals surface area contributed by atoms with Crippen LogP contribution in [0.15, 0.2) is 46.9 Å². The monoisotopic (exact) mass is 367 g/mol. The number of benzene rings is 2. The van der Waals surface area contributed by atoms with Gasteiger partial charge in [0.05, 0.1) is 11.1 Å². The maximum atomic E-state index is 14.1. The predicted molar refractivity (Wildman–Crippen MR) is 90.2 cm³/mol. The van der Waals surface area contributed by atoms with E-state index in [9.17, 15) is 4.39 Å². The molecule has 0 fully saturated rings. The molecule has 0 heterocycles. The van der Waals surface area contributed by atoms with Crippen LogP contribution in [-0.2, 0) is 6.42 Å². The summed E-state index contributed by atoms with van der Waals surface area (Å²) in [7, 11) is 0. The topological polar surface area (TPSA) is 35.2 Å². The molecule has 110 valence electrons. The first-order valence-electron chi connectivity index (χ1n) is 6.54. The van der Waals surface area contributed by atoms with E-state index in [0.29, 0.717) is 12.2 Å². The van der Waals surface area contributed by atoms with Gasteiger partial charge in [0.25, 0.3) is 0 Å². The molecule has 2 aromatic rings. The Bertz CT molecular complexity index is 634. The van der Waals surface area contributed by atoms with Crippen LogP contribution in [-0.4, -0.2) is 11.6 Å². The minimum absolute atomic E-state index is 0.149. The maximum absolute atomic E-state index is 14.1. The smallest absolute Gasteiger partial charge is 0.179 e. The van der Waals surface area contributed by atoms with E-state index in [-0.39, 0.29) is 15.2 Å². The van der Waals surface area contributed by atoms with Crippen LogP contribution in [0.3, 0.4) is 0 Å². The molecule has 0 bridgehead atoms. The Morgan fingerprint density at radius 1 is 1.19 bits per heavy atom. The van der Waals surface area contributed by atoms with Gasteiger partial charge in [0.15, 0.2) is 11.6 Å². The average Bonchev–Trinajstić information content (AvgIpc) is 2.48. The van der Waals surface area contributed by atoms with Crippen molar-refractivity contribution in [3.8, 4) is 5.75 Å². The SMILES string of the molecule is NC(=S)c1ccc(OCCCc2ccccc2)c(F)c1Br. The summed E-state index contributed by atoms with van der Waals surface area (Å²) in [5.74, 6) is -0.269. The van der Waals surface area contributed by atoms with Crippen molar-refractivity contribution in [2.45, 2.75) is 12.8 Å². The summed E-state index contributed by atoms with van der Waals surface area (Å²) in [6.07, 6.45) is 1.72. The summed E-state index contributed by atoms with van der Waals surface area (Å²) < 4.78 is 19.8.